The fourth-order valence-corrected chi connectivity index (χ4v) is 2.59. The summed E-state index contributed by atoms with van der Waals surface area (Å²) >= 11 is 2.18. The molecule has 3 aromatic carbocycles. The predicted molar refractivity (Wildman–Crippen MR) is 111 cm³/mol. The topological polar surface area (TPSA) is 50.7 Å². The minimum absolute atomic E-state index is 0.262. The molecule has 0 fully saturated rings. The van der Waals surface area contributed by atoms with Gasteiger partial charge in [-0.3, -0.25) is 4.79 Å². The highest BCUT2D eigenvalue weighted by Crippen LogP contribution is 2.14. The van der Waals surface area contributed by atoms with Crippen LogP contribution in [0.25, 0.3) is 0 Å². The van der Waals surface area contributed by atoms with Gasteiger partial charge in [0.25, 0.3) is 5.91 Å². The lowest BCUT2D eigenvalue weighted by atomic mass is 10.2. The van der Waals surface area contributed by atoms with Crippen LogP contribution in [0.3, 0.4) is 0 Å². The molecular formula is C21H16FIN2O2. The summed E-state index contributed by atoms with van der Waals surface area (Å²) in [5, 5.41) is 3.97. The summed E-state index contributed by atoms with van der Waals surface area (Å²) < 4.78 is 19.6. The number of hydrazone groups is 1. The molecule has 0 unspecified atom stereocenters. The van der Waals surface area contributed by atoms with Crippen LogP contribution in [0.5, 0.6) is 5.75 Å². The van der Waals surface area contributed by atoms with Crippen LogP contribution >= 0.6 is 22.6 Å². The Morgan fingerprint density at radius 1 is 1.00 bits per heavy atom. The second kappa shape index (κ2) is 9.27. The van der Waals surface area contributed by atoms with E-state index < -0.39 is 0 Å². The number of nitrogens with zero attached hydrogens (tertiary/aromatic N) is 1. The van der Waals surface area contributed by atoms with Gasteiger partial charge in [-0.05, 0) is 94.4 Å². The van der Waals surface area contributed by atoms with Gasteiger partial charge in [0, 0.05) is 9.13 Å². The van der Waals surface area contributed by atoms with Crippen molar-refractivity contribution in [2.24, 2.45) is 5.10 Å². The first-order valence-corrected chi connectivity index (χ1v) is 9.24. The molecule has 6 heteroatoms. The molecule has 0 aliphatic rings. The number of amides is 1. The van der Waals surface area contributed by atoms with Crippen molar-refractivity contribution in [3.8, 4) is 5.75 Å². The smallest absolute Gasteiger partial charge is 0.271 e. The second-order valence-corrected chi connectivity index (χ2v) is 6.94. The third-order valence-electron chi connectivity index (χ3n) is 3.68. The Bertz CT molecular complexity index is 924. The summed E-state index contributed by atoms with van der Waals surface area (Å²) in [6.07, 6.45) is 1.56. The van der Waals surface area contributed by atoms with Crippen molar-refractivity contribution in [1.82, 2.24) is 5.43 Å². The molecule has 0 saturated carbocycles. The number of hydrogen-bond donors (Lipinski definition) is 1. The third kappa shape index (κ3) is 5.89. The number of carbonyl (C=O) groups excluding carboxylic acids is 1. The molecule has 0 saturated heterocycles. The number of carbonyl (C=O) groups is 1. The Morgan fingerprint density at radius 3 is 2.33 bits per heavy atom. The van der Waals surface area contributed by atoms with E-state index in [0.717, 1.165) is 14.7 Å². The maximum Gasteiger partial charge on any atom is 0.271 e. The van der Waals surface area contributed by atoms with Crippen LogP contribution in [-0.2, 0) is 6.61 Å². The molecule has 0 heterocycles. The summed E-state index contributed by atoms with van der Waals surface area (Å²) in [7, 11) is 0. The molecule has 136 valence electrons. The van der Waals surface area contributed by atoms with E-state index in [2.05, 4.69) is 33.1 Å². The lowest BCUT2D eigenvalue weighted by molar-refractivity contribution is 0.0955. The number of hydrogen-bond acceptors (Lipinski definition) is 3. The third-order valence-corrected chi connectivity index (χ3v) is 4.40. The molecule has 27 heavy (non-hydrogen) atoms. The van der Waals surface area contributed by atoms with Gasteiger partial charge in [0.1, 0.15) is 18.2 Å². The van der Waals surface area contributed by atoms with E-state index in [0.29, 0.717) is 17.9 Å². The molecule has 0 radical (unpaired) electrons. The predicted octanol–water partition coefficient (Wildman–Crippen LogP) is 4.77. The lowest BCUT2D eigenvalue weighted by Crippen LogP contribution is -2.17. The molecule has 3 rings (SSSR count). The highest BCUT2D eigenvalue weighted by atomic mass is 127. The van der Waals surface area contributed by atoms with Gasteiger partial charge in [-0.25, -0.2) is 9.82 Å². The Morgan fingerprint density at radius 2 is 1.67 bits per heavy atom. The van der Waals surface area contributed by atoms with Crippen molar-refractivity contribution in [1.29, 1.82) is 0 Å². The van der Waals surface area contributed by atoms with Crippen molar-refractivity contribution >= 4 is 34.7 Å². The van der Waals surface area contributed by atoms with Crippen molar-refractivity contribution in [2.45, 2.75) is 6.61 Å². The van der Waals surface area contributed by atoms with E-state index in [1.165, 1.54) is 12.1 Å². The zero-order chi connectivity index (χ0) is 19.1. The van der Waals surface area contributed by atoms with Gasteiger partial charge in [-0.1, -0.05) is 12.1 Å². The Kier molecular flexibility index (Phi) is 6.54. The Hall–Kier alpha value is -2.74. The maximum atomic E-state index is 12.9. The van der Waals surface area contributed by atoms with Crippen molar-refractivity contribution in [2.75, 3.05) is 0 Å². The molecule has 4 nitrogen and oxygen atoms in total. The van der Waals surface area contributed by atoms with E-state index >= 15 is 0 Å². The first-order valence-electron chi connectivity index (χ1n) is 8.16. The molecule has 0 spiro atoms. The number of ether oxygens (including phenoxy) is 1. The summed E-state index contributed by atoms with van der Waals surface area (Å²) in [4.78, 5) is 12.0. The molecule has 0 bridgehead atoms. The highest BCUT2D eigenvalue weighted by molar-refractivity contribution is 14.1. The number of rotatable bonds is 6. The number of halogens is 2. The van der Waals surface area contributed by atoms with Crippen LogP contribution in [-0.4, -0.2) is 12.1 Å². The van der Waals surface area contributed by atoms with Crippen molar-refractivity contribution in [3.05, 3.63) is 98.9 Å². The van der Waals surface area contributed by atoms with Gasteiger partial charge in [0.2, 0.25) is 0 Å². The van der Waals surface area contributed by atoms with Crippen molar-refractivity contribution in [3.63, 3.8) is 0 Å². The quantitative estimate of drug-likeness (QED) is 0.318. The first kappa shape index (κ1) is 19.0. The van der Waals surface area contributed by atoms with Gasteiger partial charge in [0.05, 0.1) is 6.21 Å². The Labute approximate surface area is 170 Å². The van der Waals surface area contributed by atoms with Crippen LogP contribution in [0.2, 0.25) is 0 Å². The molecule has 0 aliphatic carbocycles. The van der Waals surface area contributed by atoms with Gasteiger partial charge in [-0.15, -0.1) is 0 Å². The van der Waals surface area contributed by atoms with E-state index in [1.54, 1.807) is 30.5 Å². The van der Waals surface area contributed by atoms with Gasteiger partial charge in [-0.2, -0.15) is 5.10 Å². The van der Waals surface area contributed by atoms with Gasteiger partial charge in [0.15, 0.2) is 0 Å². The normalized spacial score (nSPS) is 10.7. The zero-order valence-electron chi connectivity index (χ0n) is 14.2. The largest absolute Gasteiger partial charge is 0.489 e. The number of nitrogens with one attached hydrogen (secondary N) is 1. The van der Waals surface area contributed by atoms with E-state index in [-0.39, 0.29) is 11.7 Å². The minimum atomic E-state index is -0.267. The SMILES string of the molecule is O=C(N/N=C\c1ccc(OCc2ccc(F)cc2)cc1)c1ccc(I)cc1. The molecule has 0 aromatic heterocycles. The second-order valence-electron chi connectivity index (χ2n) is 5.69. The maximum absolute atomic E-state index is 12.9. The standard InChI is InChI=1S/C21H16FIN2O2/c22-18-7-1-16(2-8-18)14-27-20-11-3-15(4-12-20)13-24-25-21(26)17-5-9-19(23)10-6-17/h1-13H,14H2,(H,25,26)/b24-13-. The average molecular weight is 474 g/mol. The fourth-order valence-electron chi connectivity index (χ4n) is 2.23. The molecular weight excluding hydrogens is 458 g/mol. The van der Waals surface area contributed by atoms with Gasteiger partial charge >= 0.3 is 0 Å². The molecule has 1 amide bonds. The summed E-state index contributed by atoms with van der Waals surface area (Å²) in [5.41, 5.74) is 4.77. The molecule has 3 aromatic rings. The van der Waals surface area contributed by atoms with Crippen LogP contribution < -0.4 is 10.2 Å². The van der Waals surface area contributed by atoms with E-state index in [4.69, 9.17) is 4.74 Å². The minimum Gasteiger partial charge on any atom is -0.489 e. The van der Waals surface area contributed by atoms with Crippen LogP contribution in [0, 0.1) is 9.39 Å². The summed E-state index contributed by atoms with van der Waals surface area (Å²) in [5.74, 6) is 0.165. The zero-order valence-corrected chi connectivity index (χ0v) is 16.4. The van der Waals surface area contributed by atoms with Gasteiger partial charge < -0.3 is 4.74 Å². The highest BCUT2D eigenvalue weighted by Gasteiger charge is 2.03. The van der Waals surface area contributed by atoms with Crippen LogP contribution in [0.1, 0.15) is 21.5 Å². The lowest BCUT2D eigenvalue weighted by Gasteiger charge is -2.06. The first-order chi connectivity index (χ1) is 13.1. The monoisotopic (exact) mass is 474 g/mol. The van der Waals surface area contributed by atoms with Crippen molar-refractivity contribution < 1.29 is 13.9 Å². The number of benzene rings is 3. The van der Waals surface area contributed by atoms with E-state index in [1.807, 2.05) is 36.4 Å². The summed E-state index contributed by atoms with van der Waals surface area (Å²) in [6.45, 7) is 0.361. The molecule has 0 atom stereocenters. The fraction of sp³-hybridized carbons (Fsp3) is 0.0476. The van der Waals surface area contributed by atoms with Crippen LogP contribution in [0.15, 0.2) is 77.9 Å². The van der Waals surface area contributed by atoms with E-state index in [9.17, 15) is 9.18 Å². The van der Waals surface area contributed by atoms with Crippen LogP contribution in [0.4, 0.5) is 4.39 Å². The Balaban J connectivity index is 1.50. The average Bonchev–Trinajstić information content (AvgIpc) is 2.69. The summed E-state index contributed by atoms with van der Waals surface area (Å²) in [6, 6.07) is 20.7. The molecule has 0 aliphatic heterocycles. The molecule has 1 N–H and O–H groups in total.